The number of furan rings is 1. The molecule has 18 heavy (non-hydrogen) atoms. The summed E-state index contributed by atoms with van der Waals surface area (Å²) in [5.74, 6) is 0. The first-order valence-corrected chi connectivity index (χ1v) is 6.38. The van der Waals surface area contributed by atoms with Crippen LogP contribution in [0.3, 0.4) is 0 Å². The maximum absolute atomic E-state index is 5.84. The molecule has 0 amide bonds. The van der Waals surface area contributed by atoms with E-state index >= 15 is 0 Å². The van der Waals surface area contributed by atoms with Crippen LogP contribution >= 0.6 is 0 Å². The normalized spacial score (nSPS) is 10.2. The first kappa shape index (κ1) is 12.5. The lowest BCUT2D eigenvalue weighted by Crippen LogP contribution is -1.85. The minimum atomic E-state index is 0.937. The largest absolute Gasteiger partial charge is 0.456 e. The molecule has 3 aromatic rings. The van der Waals surface area contributed by atoms with Crippen molar-refractivity contribution < 1.29 is 4.42 Å². The molecule has 0 bridgehead atoms. The van der Waals surface area contributed by atoms with Crippen LogP contribution in [-0.4, -0.2) is 7.05 Å². The van der Waals surface area contributed by atoms with E-state index in [1.54, 1.807) is 0 Å². The van der Waals surface area contributed by atoms with Crippen LogP contribution in [0.4, 0.5) is 5.69 Å². The Bertz CT molecular complexity index is 667. The minimum absolute atomic E-state index is 0.937. The first-order valence-electron chi connectivity index (χ1n) is 6.38. The highest BCUT2D eigenvalue weighted by Crippen LogP contribution is 2.30. The Kier molecular flexibility index (Phi) is 3.56. The second-order valence-electron chi connectivity index (χ2n) is 4.06. The molecule has 0 unspecified atom stereocenters. The molecule has 0 radical (unpaired) electrons. The van der Waals surface area contributed by atoms with E-state index in [0.29, 0.717) is 0 Å². The zero-order valence-electron chi connectivity index (χ0n) is 11.4. The van der Waals surface area contributed by atoms with Gasteiger partial charge in [0.2, 0.25) is 0 Å². The Labute approximate surface area is 108 Å². The van der Waals surface area contributed by atoms with Crippen molar-refractivity contribution in [3.05, 3.63) is 42.0 Å². The third kappa shape index (κ3) is 2.06. The van der Waals surface area contributed by atoms with Gasteiger partial charge in [-0.1, -0.05) is 26.0 Å². The van der Waals surface area contributed by atoms with Crippen LogP contribution in [0, 0.1) is 6.92 Å². The molecule has 0 aliphatic rings. The topological polar surface area (TPSA) is 25.2 Å². The van der Waals surface area contributed by atoms with Gasteiger partial charge in [0.05, 0.1) is 0 Å². The Hall–Kier alpha value is -1.96. The molecular weight excluding hydrogens is 222 g/mol. The molecule has 0 saturated heterocycles. The van der Waals surface area contributed by atoms with E-state index in [-0.39, 0.29) is 0 Å². The van der Waals surface area contributed by atoms with Gasteiger partial charge >= 0.3 is 0 Å². The molecule has 1 heterocycles. The minimum Gasteiger partial charge on any atom is -0.456 e. The highest BCUT2D eigenvalue weighted by Gasteiger charge is 2.06. The van der Waals surface area contributed by atoms with Crippen LogP contribution in [0.25, 0.3) is 21.9 Å². The molecule has 0 fully saturated rings. The van der Waals surface area contributed by atoms with Crippen molar-refractivity contribution in [2.24, 2.45) is 0 Å². The van der Waals surface area contributed by atoms with Crippen molar-refractivity contribution in [2.45, 2.75) is 20.8 Å². The summed E-state index contributed by atoms with van der Waals surface area (Å²) in [6.45, 7) is 6.08. The van der Waals surface area contributed by atoms with Crippen molar-refractivity contribution in [2.75, 3.05) is 12.4 Å². The Morgan fingerprint density at radius 3 is 2.17 bits per heavy atom. The molecule has 2 heteroatoms. The molecule has 0 spiro atoms. The number of benzene rings is 2. The maximum atomic E-state index is 5.84. The SMILES string of the molecule is CC.CNc1ccc2c(c1)oc1cc(C)ccc12. The summed E-state index contributed by atoms with van der Waals surface area (Å²) in [5.41, 5.74) is 4.19. The molecule has 2 nitrogen and oxygen atoms in total. The fraction of sp³-hybridized carbons (Fsp3) is 0.250. The third-order valence-corrected chi connectivity index (χ3v) is 2.92. The van der Waals surface area contributed by atoms with Crippen molar-refractivity contribution in [1.82, 2.24) is 0 Å². The molecule has 0 aliphatic heterocycles. The zero-order chi connectivity index (χ0) is 13.1. The van der Waals surface area contributed by atoms with Gasteiger partial charge < -0.3 is 9.73 Å². The predicted molar refractivity (Wildman–Crippen MR) is 79.4 cm³/mol. The van der Waals surface area contributed by atoms with Gasteiger partial charge in [0, 0.05) is 29.6 Å². The standard InChI is InChI=1S/C14H13NO.C2H6/c1-9-3-5-11-12-6-4-10(15-2)8-14(12)16-13(11)7-9;1-2/h3-8,15H,1-2H3;1-2H3. The molecule has 94 valence electrons. The third-order valence-electron chi connectivity index (χ3n) is 2.92. The molecule has 2 aromatic carbocycles. The van der Waals surface area contributed by atoms with Gasteiger partial charge in [0.25, 0.3) is 0 Å². The number of hydrogen-bond acceptors (Lipinski definition) is 2. The van der Waals surface area contributed by atoms with Crippen molar-refractivity contribution in [1.29, 1.82) is 0 Å². The van der Waals surface area contributed by atoms with Crippen molar-refractivity contribution >= 4 is 27.6 Å². The van der Waals surface area contributed by atoms with Gasteiger partial charge in [-0.15, -0.1) is 0 Å². The molecule has 1 N–H and O–H groups in total. The average Bonchev–Trinajstić information content (AvgIpc) is 2.77. The van der Waals surface area contributed by atoms with Gasteiger partial charge in [-0.2, -0.15) is 0 Å². The molecule has 1 aromatic heterocycles. The Balaban J connectivity index is 0.000000574. The molecular formula is C16H19NO. The summed E-state index contributed by atoms with van der Waals surface area (Å²) in [6.07, 6.45) is 0. The van der Waals surface area contributed by atoms with Crippen LogP contribution in [-0.2, 0) is 0 Å². The Morgan fingerprint density at radius 1 is 0.889 bits per heavy atom. The van der Waals surface area contributed by atoms with Crippen LogP contribution in [0.15, 0.2) is 40.8 Å². The average molecular weight is 241 g/mol. The van der Waals surface area contributed by atoms with Crippen LogP contribution < -0.4 is 5.32 Å². The van der Waals surface area contributed by atoms with Gasteiger partial charge in [-0.05, 0) is 30.7 Å². The van der Waals surface area contributed by atoms with Crippen molar-refractivity contribution in [3.8, 4) is 0 Å². The summed E-state index contributed by atoms with van der Waals surface area (Å²) >= 11 is 0. The maximum Gasteiger partial charge on any atom is 0.137 e. The van der Waals surface area contributed by atoms with Crippen molar-refractivity contribution in [3.63, 3.8) is 0 Å². The quantitative estimate of drug-likeness (QED) is 0.651. The number of fused-ring (bicyclic) bond motifs is 3. The number of aryl methyl sites for hydroxylation is 1. The lowest BCUT2D eigenvalue weighted by Gasteiger charge is -1.97. The summed E-state index contributed by atoms with van der Waals surface area (Å²) in [5, 5.41) is 5.47. The van der Waals surface area contributed by atoms with E-state index in [1.165, 1.54) is 16.3 Å². The lowest BCUT2D eigenvalue weighted by atomic mass is 10.1. The van der Waals surface area contributed by atoms with E-state index in [1.807, 2.05) is 27.0 Å². The molecule has 0 saturated carbocycles. The van der Waals surface area contributed by atoms with E-state index in [0.717, 1.165) is 16.9 Å². The number of hydrogen-bond donors (Lipinski definition) is 1. The first-order chi connectivity index (χ1) is 8.78. The fourth-order valence-electron chi connectivity index (χ4n) is 2.04. The molecule has 0 aliphatic carbocycles. The van der Waals surface area contributed by atoms with E-state index < -0.39 is 0 Å². The van der Waals surface area contributed by atoms with Gasteiger partial charge in [0.15, 0.2) is 0 Å². The smallest absolute Gasteiger partial charge is 0.137 e. The van der Waals surface area contributed by atoms with E-state index in [9.17, 15) is 0 Å². The molecule has 3 rings (SSSR count). The second-order valence-corrected chi connectivity index (χ2v) is 4.06. The van der Waals surface area contributed by atoms with Crippen LogP contribution in [0.2, 0.25) is 0 Å². The van der Waals surface area contributed by atoms with Crippen LogP contribution in [0.1, 0.15) is 19.4 Å². The van der Waals surface area contributed by atoms with Gasteiger partial charge in [-0.25, -0.2) is 0 Å². The van der Waals surface area contributed by atoms with Gasteiger partial charge in [-0.3, -0.25) is 0 Å². The second kappa shape index (κ2) is 5.13. The number of nitrogens with one attached hydrogen (secondary N) is 1. The summed E-state index contributed by atoms with van der Waals surface area (Å²) in [6, 6.07) is 12.5. The van der Waals surface area contributed by atoms with Crippen LogP contribution in [0.5, 0.6) is 0 Å². The van der Waals surface area contributed by atoms with E-state index in [4.69, 9.17) is 4.42 Å². The predicted octanol–water partition coefficient (Wildman–Crippen LogP) is 4.96. The number of rotatable bonds is 1. The highest BCUT2D eigenvalue weighted by atomic mass is 16.3. The highest BCUT2D eigenvalue weighted by molar-refractivity contribution is 6.05. The summed E-state index contributed by atoms with van der Waals surface area (Å²) in [4.78, 5) is 0. The number of anilines is 1. The zero-order valence-corrected chi connectivity index (χ0v) is 11.4. The fourth-order valence-corrected chi connectivity index (χ4v) is 2.04. The van der Waals surface area contributed by atoms with E-state index in [2.05, 4.69) is 42.6 Å². The van der Waals surface area contributed by atoms with Gasteiger partial charge in [0.1, 0.15) is 11.2 Å². The monoisotopic (exact) mass is 241 g/mol. The summed E-state index contributed by atoms with van der Waals surface area (Å²) < 4.78 is 5.84. The Morgan fingerprint density at radius 2 is 1.50 bits per heavy atom. The summed E-state index contributed by atoms with van der Waals surface area (Å²) in [7, 11) is 1.91. The lowest BCUT2D eigenvalue weighted by molar-refractivity contribution is 0.668. The molecule has 0 atom stereocenters.